The average molecular weight is 222 g/mol. The van der Waals surface area contributed by atoms with Crippen LogP contribution in [0.5, 0.6) is 0 Å². The second kappa shape index (κ2) is 14.5. The van der Waals surface area contributed by atoms with Crippen LogP contribution >= 0.6 is 0 Å². The van der Waals surface area contributed by atoms with Gasteiger partial charge >= 0.3 is 0 Å². The quantitative estimate of drug-likeness (QED) is 0.295. The minimum absolute atomic E-state index is 1.23. The van der Waals surface area contributed by atoms with Crippen molar-refractivity contribution in [1.82, 2.24) is 0 Å². The van der Waals surface area contributed by atoms with Crippen LogP contribution in [-0.2, 0) is 0 Å². The zero-order chi connectivity index (χ0) is 11.9. The monoisotopic (exact) mass is 222 g/mol. The largest absolute Gasteiger partial charge is 0.0845 e. The predicted molar refractivity (Wildman–Crippen MR) is 75.8 cm³/mol. The standard InChI is InChI=1S/C16H30/c1-3-5-7-9-11-13-15-16-14-12-10-8-6-4-2/h9,11,13,15H,3-8,10,12,14,16H2,1-2H3. The van der Waals surface area contributed by atoms with Crippen molar-refractivity contribution in [2.75, 3.05) is 0 Å². The van der Waals surface area contributed by atoms with Crippen LogP contribution < -0.4 is 0 Å². The normalized spacial score (nSPS) is 11.9. The summed E-state index contributed by atoms with van der Waals surface area (Å²) in [5, 5.41) is 0. The zero-order valence-corrected chi connectivity index (χ0v) is 11.4. The molecule has 0 amide bonds. The molecule has 0 saturated heterocycles. The van der Waals surface area contributed by atoms with E-state index < -0.39 is 0 Å². The summed E-state index contributed by atoms with van der Waals surface area (Å²) in [5.41, 5.74) is 0. The molecule has 0 aromatic heterocycles. The fourth-order valence-corrected chi connectivity index (χ4v) is 1.71. The fourth-order valence-electron chi connectivity index (χ4n) is 1.71. The summed E-state index contributed by atoms with van der Waals surface area (Å²) in [4.78, 5) is 0. The molecule has 0 aromatic rings. The van der Waals surface area contributed by atoms with Crippen LogP contribution in [0.25, 0.3) is 0 Å². The van der Waals surface area contributed by atoms with Gasteiger partial charge in [-0.25, -0.2) is 0 Å². The van der Waals surface area contributed by atoms with Crippen molar-refractivity contribution in [3.63, 3.8) is 0 Å². The first kappa shape index (κ1) is 15.5. The summed E-state index contributed by atoms with van der Waals surface area (Å²) in [6, 6.07) is 0. The second-order valence-electron chi connectivity index (χ2n) is 4.55. The van der Waals surface area contributed by atoms with Crippen molar-refractivity contribution in [3.8, 4) is 0 Å². The van der Waals surface area contributed by atoms with E-state index >= 15 is 0 Å². The van der Waals surface area contributed by atoms with Crippen molar-refractivity contribution >= 4 is 0 Å². The molecule has 0 heterocycles. The SMILES string of the molecule is CCCCC=CC=CCCCCCCCC. The number of unbranched alkanes of at least 4 members (excludes halogenated alkanes) is 8. The summed E-state index contributed by atoms with van der Waals surface area (Å²) >= 11 is 0. The van der Waals surface area contributed by atoms with E-state index in [1.807, 2.05) is 0 Å². The zero-order valence-electron chi connectivity index (χ0n) is 11.4. The van der Waals surface area contributed by atoms with Crippen LogP contribution in [0.3, 0.4) is 0 Å². The highest BCUT2D eigenvalue weighted by Gasteiger charge is 1.87. The van der Waals surface area contributed by atoms with E-state index in [4.69, 9.17) is 0 Å². The minimum atomic E-state index is 1.23. The van der Waals surface area contributed by atoms with Gasteiger partial charge in [-0.3, -0.25) is 0 Å². The lowest BCUT2D eigenvalue weighted by Gasteiger charge is -1.97. The van der Waals surface area contributed by atoms with Gasteiger partial charge in [0.25, 0.3) is 0 Å². The molecule has 94 valence electrons. The second-order valence-corrected chi connectivity index (χ2v) is 4.55. The molecule has 0 radical (unpaired) electrons. The molecule has 0 aliphatic rings. The van der Waals surface area contributed by atoms with Crippen LogP contribution in [0, 0.1) is 0 Å². The maximum absolute atomic E-state index is 2.31. The van der Waals surface area contributed by atoms with E-state index in [1.165, 1.54) is 64.2 Å². The Kier molecular flexibility index (Phi) is 14.0. The number of allylic oxidation sites excluding steroid dienone is 4. The first-order valence-electron chi connectivity index (χ1n) is 7.23. The van der Waals surface area contributed by atoms with Crippen LogP contribution in [0.4, 0.5) is 0 Å². The van der Waals surface area contributed by atoms with E-state index in [-0.39, 0.29) is 0 Å². The van der Waals surface area contributed by atoms with Crippen LogP contribution in [0.1, 0.15) is 78.1 Å². The Bertz CT molecular complexity index is 165. The Hall–Kier alpha value is -0.520. The van der Waals surface area contributed by atoms with E-state index in [0.717, 1.165) is 0 Å². The minimum Gasteiger partial charge on any atom is -0.0845 e. The van der Waals surface area contributed by atoms with Gasteiger partial charge in [-0.2, -0.15) is 0 Å². The van der Waals surface area contributed by atoms with Gasteiger partial charge in [0.1, 0.15) is 0 Å². The number of hydrogen-bond donors (Lipinski definition) is 0. The Morgan fingerprint density at radius 2 is 1.06 bits per heavy atom. The molecule has 0 fully saturated rings. The van der Waals surface area contributed by atoms with Crippen molar-refractivity contribution in [2.24, 2.45) is 0 Å². The van der Waals surface area contributed by atoms with E-state index in [1.54, 1.807) is 0 Å². The lowest BCUT2D eigenvalue weighted by molar-refractivity contribution is 0.611. The highest BCUT2D eigenvalue weighted by Crippen LogP contribution is 2.07. The van der Waals surface area contributed by atoms with Gasteiger partial charge in [0.05, 0.1) is 0 Å². The molecule has 16 heavy (non-hydrogen) atoms. The average Bonchev–Trinajstić information content (AvgIpc) is 2.31. The molecular formula is C16H30. The molecule has 0 aliphatic carbocycles. The van der Waals surface area contributed by atoms with E-state index in [2.05, 4.69) is 38.2 Å². The molecule has 0 nitrogen and oxygen atoms in total. The van der Waals surface area contributed by atoms with E-state index in [9.17, 15) is 0 Å². The van der Waals surface area contributed by atoms with Crippen LogP contribution in [0.2, 0.25) is 0 Å². The third-order valence-corrected chi connectivity index (χ3v) is 2.83. The summed E-state index contributed by atoms with van der Waals surface area (Å²) in [6.45, 7) is 4.51. The lowest BCUT2D eigenvalue weighted by Crippen LogP contribution is -1.77. The van der Waals surface area contributed by atoms with Crippen LogP contribution in [-0.4, -0.2) is 0 Å². The van der Waals surface area contributed by atoms with Gasteiger partial charge in [0.15, 0.2) is 0 Å². The topological polar surface area (TPSA) is 0 Å². The van der Waals surface area contributed by atoms with Gasteiger partial charge in [0, 0.05) is 0 Å². The van der Waals surface area contributed by atoms with Crippen molar-refractivity contribution in [2.45, 2.75) is 78.1 Å². The van der Waals surface area contributed by atoms with Gasteiger partial charge in [0.2, 0.25) is 0 Å². The molecule has 0 spiro atoms. The van der Waals surface area contributed by atoms with E-state index in [0.29, 0.717) is 0 Å². The molecule has 0 saturated carbocycles. The molecule has 0 aliphatic heterocycles. The molecule has 0 rings (SSSR count). The first-order chi connectivity index (χ1) is 7.91. The van der Waals surface area contributed by atoms with Gasteiger partial charge in [-0.15, -0.1) is 0 Å². The maximum atomic E-state index is 2.31. The Labute approximate surface area is 103 Å². The Morgan fingerprint density at radius 3 is 1.69 bits per heavy atom. The summed E-state index contributed by atoms with van der Waals surface area (Å²) < 4.78 is 0. The van der Waals surface area contributed by atoms with Gasteiger partial charge < -0.3 is 0 Å². The number of rotatable bonds is 11. The third-order valence-electron chi connectivity index (χ3n) is 2.83. The van der Waals surface area contributed by atoms with Crippen molar-refractivity contribution in [1.29, 1.82) is 0 Å². The smallest absolute Gasteiger partial charge is 0.0348 e. The maximum Gasteiger partial charge on any atom is -0.0348 e. The molecule has 0 atom stereocenters. The van der Waals surface area contributed by atoms with Crippen LogP contribution in [0.15, 0.2) is 24.3 Å². The van der Waals surface area contributed by atoms with Gasteiger partial charge in [-0.1, -0.05) is 83.1 Å². The highest BCUT2D eigenvalue weighted by molar-refractivity contribution is 5.02. The molecule has 0 unspecified atom stereocenters. The molecule has 0 N–H and O–H groups in total. The summed E-state index contributed by atoms with van der Waals surface area (Å²) in [5.74, 6) is 0. The fraction of sp³-hybridized carbons (Fsp3) is 0.750. The predicted octanol–water partition coefficient (Wildman–Crippen LogP) is 6.04. The summed E-state index contributed by atoms with van der Waals surface area (Å²) in [6.07, 6.45) is 22.5. The Balaban J connectivity index is 3.12. The molecule has 0 aromatic carbocycles. The number of hydrogen-bond acceptors (Lipinski definition) is 0. The van der Waals surface area contributed by atoms with Gasteiger partial charge in [-0.05, 0) is 19.3 Å². The Morgan fingerprint density at radius 1 is 0.562 bits per heavy atom. The lowest BCUT2D eigenvalue weighted by atomic mass is 10.1. The highest BCUT2D eigenvalue weighted by atomic mass is 13.9. The van der Waals surface area contributed by atoms with Crippen molar-refractivity contribution < 1.29 is 0 Å². The first-order valence-corrected chi connectivity index (χ1v) is 7.23. The molecule has 0 heteroatoms. The summed E-state index contributed by atoms with van der Waals surface area (Å²) in [7, 11) is 0. The van der Waals surface area contributed by atoms with Crippen molar-refractivity contribution in [3.05, 3.63) is 24.3 Å². The molecule has 0 bridgehead atoms. The molecular weight excluding hydrogens is 192 g/mol. The third kappa shape index (κ3) is 13.5.